The van der Waals surface area contributed by atoms with Crippen molar-refractivity contribution in [3.05, 3.63) is 92.0 Å². The summed E-state index contributed by atoms with van der Waals surface area (Å²) in [6.45, 7) is 5.72. The van der Waals surface area contributed by atoms with Crippen LogP contribution in [-0.4, -0.2) is 22.4 Å². The van der Waals surface area contributed by atoms with Gasteiger partial charge < -0.3 is 10.6 Å². The van der Waals surface area contributed by atoms with Crippen LogP contribution >= 0.6 is 31.9 Å². The number of carbonyl (C=O) groups excluding carboxylic acids is 3. The summed E-state index contributed by atoms with van der Waals surface area (Å²) in [4.78, 5) is 38.7. The van der Waals surface area contributed by atoms with E-state index in [4.69, 9.17) is 0 Å². The zero-order valence-corrected chi connectivity index (χ0v) is 22.4. The molecule has 3 N–H and O–H groups in total. The molecule has 35 heavy (non-hydrogen) atoms. The molecule has 178 valence electrons. The van der Waals surface area contributed by atoms with Crippen molar-refractivity contribution in [3.8, 4) is 0 Å². The summed E-state index contributed by atoms with van der Waals surface area (Å²) in [5.74, 6) is -2.18. The highest BCUT2D eigenvalue weighted by molar-refractivity contribution is 9.10. The quantitative estimate of drug-likeness (QED) is 0.250. The van der Waals surface area contributed by atoms with Gasteiger partial charge in [-0.3, -0.25) is 19.8 Å². The Morgan fingerprint density at radius 1 is 0.771 bits per heavy atom. The number of nitrogens with zero attached hydrogens (tertiary/aromatic N) is 1. The van der Waals surface area contributed by atoms with Gasteiger partial charge in [0.15, 0.2) is 0 Å². The van der Waals surface area contributed by atoms with Crippen LogP contribution in [0.3, 0.4) is 0 Å². The monoisotopic (exact) mass is 596 g/mol. The molecule has 0 unspecified atom stereocenters. The predicted octanol–water partition coefficient (Wildman–Crippen LogP) is 6.05. The molecule has 0 atom stereocenters. The van der Waals surface area contributed by atoms with Crippen molar-refractivity contribution < 1.29 is 14.4 Å². The minimum absolute atomic E-state index is 0.173. The second-order valence-electron chi connectivity index (χ2n) is 8.20. The highest BCUT2D eigenvalue weighted by atomic mass is 79.9. The number of carbonyl (C=O) groups is 3. The largest absolute Gasteiger partial charge is 0.328 e. The van der Waals surface area contributed by atoms with E-state index >= 15 is 0 Å². The van der Waals surface area contributed by atoms with Gasteiger partial charge in [0.2, 0.25) is 0 Å². The molecule has 0 bridgehead atoms. The Morgan fingerprint density at radius 3 is 2.26 bits per heavy atom. The summed E-state index contributed by atoms with van der Waals surface area (Å²) in [6.07, 6.45) is 0. The fourth-order valence-corrected chi connectivity index (χ4v) is 4.30. The van der Waals surface area contributed by atoms with Crippen LogP contribution in [0.5, 0.6) is 0 Å². The summed E-state index contributed by atoms with van der Waals surface area (Å²) in [5.41, 5.74) is 7.31. The number of halogens is 2. The van der Waals surface area contributed by atoms with Gasteiger partial charge in [-0.25, -0.2) is 4.68 Å². The van der Waals surface area contributed by atoms with Crippen LogP contribution in [0.15, 0.2) is 69.6 Å². The summed E-state index contributed by atoms with van der Waals surface area (Å²) in [6, 6.07) is 18.0. The summed E-state index contributed by atoms with van der Waals surface area (Å²) >= 11 is 6.88. The molecular formula is C26H22Br2N4O3. The van der Waals surface area contributed by atoms with E-state index < -0.39 is 17.7 Å². The van der Waals surface area contributed by atoms with Crippen molar-refractivity contribution in [2.75, 3.05) is 16.1 Å². The molecule has 4 aromatic rings. The fourth-order valence-electron chi connectivity index (χ4n) is 3.68. The molecule has 3 amide bonds. The smallest absolute Gasteiger partial charge is 0.321 e. The Balaban J connectivity index is 1.63. The minimum atomic E-state index is -0.904. The van der Waals surface area contributed by atoms with E-state index in [-0.39, 0.29) is 5.69 Å². The van der Waals surface area contributed by atoms with Gasteiger partial charge in [0.05, 0.1) is 5.52 Å². The molecule has 9 heteroatoms. The van der Waals surface area contributed by atoms with Crippen LogP contribution in [-0.2, 0) is 9.59 Å². The molecule has 0 spiro atoms. The Hall–Kier alpha value is -3.43. The molecule has 0 saturated carbocycles. The van der Waals surface area contributed by atoms with Crippen LogP contribution in [0.25, 0.3) is 10.9 Å². The third-order valence-electron chi connectivity index (χ3n) is 5.46. The Kier molecular flexibility index (Phi) is 7.09. The highest BCUT2D eigenvalue weighted by Gasteiger charge is 2.21. The summed E-state index contributed by atoms with van der Waals surface area (Å²) in [5, 5.41) is 6.20. The van der Waals surface area contributed by atoms with Gasteiger partial charge in [0.1, 0.15) is 5.69 Å². The number of benzene rings is 3. The molecule has 0 aliphatic rings. The predicted molar refractivity (Wildman–Crippen MR) is 145 cm³/mol. The number of aryl methyl sites for hydroxylation is 3. The molecule has 7 nitrogen and oxygen atoms in total. The van der Waals surface area contributed by atoms with Gasteiger partial charge in [0.25, 0.3) is 5.91 Å². The molecule has 0 saturated heterocycles. The maximum absolute atomic E-state index is 13.2. The standard InChI is InChI=1S/C26H22Br2N4O3/c1-14-4-8-21(16(3)10-14)30-25(34)26(35)31-32-22-9-5-18(27)12-17(22)13-23(32)24(33)29-19-6-7-20(28)15(2)11-19/h4-13H,1-3H3,(H,29,33)(H,30,34)(H,31,35). The van der Waals surface area contributed by atoms with Gasteiger partial charge in [-0.05, 0) is 80.4 Å². The van der Waals surface area contributed by atoms with E-state index in [0.29, 0.717) is 22.3 Å². The zero-order valence-electron chi connectivity index (χ0n) is 19.2. The first-order valence-electron chi connectivity index (χ1n) is 10.7. The van der Waals surface area contributed by atoms with Crippen LogP contribution in [0.1, 0.15) is 27.2 Å². The van der Waals surface area contributed by atoms with Gasteiger partial charge in [-0.15, -0.1) is 0 Å². The number of fused-ring (bicyclic) bond motifs is 1. The molecule has 0 aliphatic carbocycles. The number of anilines is 2. The fraction of sp³-hybridized carbons (Fsp3) is 0.115. The molecule has 4 rings (SSSR count). The maximum Gasteiger partial charge on any atom is 0.328 e. The first-order valence-corrected chi connectivity index (χ1v) is 12.3. The van der Waals surface area contributed by atoms with Crippen molar-refractivity contribution in [1.82, 2.24) is 4.68 Å². The van der Waals surface area contributed by atoms with E-state index in [1.54, 1.807) is 30.3 Å². The molecule has 0 radical (unpaired) electrons. The molecular weight excluding hydrogens is 576 g/mol. The third kappa shape index (κ3) is 5.47. The van der Waals surface area contributed by atoms with Crippen molar-refractivity contribution in [1.29, 1.82) is 0 Å². The SMILES string of the molecule is Cc1ccc(NC(=O)C(=O)Nn2c(C(=O)Nc3ccc(Br)c(C)c3)cc3cc(Br)ccc32)c(C)c1. The summed E-state index contributed by atoms with van der Waals surface area (Å²) in [7, 11) is 0. The molecule has 1 aromatic heterocycles. The lowest BCUT2D eigenvalue weighted by Gasteiger charge is -2.14. The van der Waals surface area contributed by atoms with Crippen LogP contribution in [0, 0.1) is 20.8 Å². The molecule has 0 aliphatic heterocycles. The molecule has 3 aromatic carbocycles. The van der Waals surface area contributed by atoms with Crippen molar-refractivity contribution >= 4 is 71.9 Å². The Morgan fingerprint density at radius 2 is 1.54 bits per heavy atom. The van der Waals surface area contributed by atoms with Crippen LogP contribution in [0.4, 0.5) is 11.4 Å². The van der Waals surface area contributed by atoms with E-state index in [0.717, 1.165) is 25.6 Å². The lowest BCUT2D eigenvalue weighted by molar-refractivity contribution is -0.133. The first-order chi connectivity index (χ1) is 16.6. The number of aromatic nitrogens is 1. The number of hydrogen-bond donors (Lipinski definition) is 3. The van der Waals surface area contributed by atoms with Crippen molar-refractivity contribution in [2.24, 2.45) is 0 Å². The van der Waals surface area contributed by atoms with Crippen LogP contribution in [0.2, 0.25) is 0 Å². The molecule has 1 heterocycles. The van der Waals surface area contributed by atoms with Crippen LogP contribution < -0.4 is 16.1 Å². The lowest BCUT2D eigenvalue weighted by Crippen LogP contribution is -2.36. The topological polar surface area (TPSA) is 92.2 Å². The van der Waals surface area contributed by atoms with E-state index in [2.05, 4.69) is 47.9 Å². The van der Waals surface area contributed by atoms with E-state index in [9.17, 15) is 14.4 Å². The van der Waals surface area contributed by atoms with Crippen molar-refractivity contribution in [3.63, 3.8) is 0 Å². The number of rotatable bonds is 4. The average Bonchev–Trinajstić information content (AvgIpc) is 3.15. The van der Waals surface area contributed by atoms with Crippen molar-refractivity contribution in [2.45, 2.75) is 20.8 Å². The van der Waals surface area contributed by atoms with Gasteiger partial charge in [0, 0.05) is 25.7 Å². The second-order valence-corrected chi connectivity index (χ2v) is 9.97. The Labute approximate surface area is 219 Å². The van der Waals surface area contributed by atoms with E-state index in [1.165, 1.54) is 4.68 Å². The third-order valence-corrected chi connectivity index (χ3v) is 6.84. The van der Waals surface area contributed by atoms with Gasteiger partial charge in [-0.1, -0.05) is 49.6 Å². The van der Waals surface area contributed by atoms with E-state index in [1.807, 2.05) is 51.1 Å². The summed E-state index contributed by atoms with van der Waals surface area (Å²) < 4.78 is 3.07. The zero-order chi connectivity index (χ0) is 25.3. The normalized spacial score (nSPS) is 10.8. The molecule has 0 fully saturated rings. The number of nitrogens with one attached hydrogen (secondary N) is 3. The number of amides is 3. The van der Waals surface area contributed by atoms with Gasteiger partial charge in [-0.2, -0.15) is 0 Å². The first kappa shape index (κ1) is 24.7. The Bertz CT molecular complexity index is 1490. The highest BCUT2D eigenvalue weighted by Crippen LogP contribution is 2.25. The lowest BCUT2D eigenvalue weighted by atomic mass is 10.1. The maximum atomic E-state index is 13.2. The average molecular weight is 598 g/mol. The number of hydrogen-bond acceptors (Lipinski definition) is 3. The second kappa shape index (κ2) is 10.1. The van der Waals surface area contributed by atoms with Gasteiger partial charge >= 0.3 is 11.8 Å². The minimum Gasteiger partial charge on any atom is -0.321 e.